The van der Waals surface area contributed by atoms with Gasteiger partial charge < -0.3 is 0 Å². The fraction of sp³-hybridized carbons (Fsp3) is 0.500. The van der Waals surface area contributed by atoms with Crippen molar-refractivity contribution in [3.8, 4) is 19.5 Å². The summed E-state index contributed by atoms with van der Waals surface area (Å²) in [6.07, 6.45) is 33.3. The number of unbranched alkanes of at least 4 members (excludes halogenated alkanes) is 18. The molecule has 7 rings (SSSR count). The molecule has 4 nitrogen and oxygen atoms in total. The third-order valence-electron chi connectivity index (χ3n) is 11.3. The summed E-state index contributed by atoms with van der Waals surface area (Å²) in [5.41, 5.74) is 8.59. The summed E-state index contributed by atoms with van der Waals surface area (Å²) in [5, 5.41) is 6.71. The van der Waals surface area contributed by atoms with Crippen LogP contribution in [0.15, 0.2) is 59.6 Å². The van der Waals surface area contributed by atoms with Crippen LogP contribution >= 0.6 is 34.0 Å². The Kier molecular flexibility index (Phi) is 15.1. The minimum Gasteiger partial charge on any atom is -0.254 e. The molecule has 0 saturated carbocycles. The van der Waals surface area contributed by atoms with Crippen molar-refractivity contribution in [3.63, 3.8) is 0 Å². The van der Waals surface area contributed by atoms with Crippen LogP contribution < -0.4 is 0 Å². The predicted octanol–water partition coefficient (Wildman–Crippen LogP) is 16.3. The molecule has 0 spiro atoms. The Morgan fingerprint density at radius 3 is 1.55 bits per heavy atom. The van der Waals surface area contributed by atoms with Gasteiger partial charge in [-0.1, -0.05) is 129 Å². The number of aromatic nitrogens is 4. The molecule has 0 aliphatic heterocycles. The molecule has 6 aromatic heterocycles. The minimum absolute atomic E-state index is 0.892. The second-order valence-corrected chi connectivity index (χ2v) is 18.5. The van der Waals surface area contributed by atoms with Crippen molar-refractivity contribution in [2.45, 2.75) is 155 Å². The van der Waals surface area contributed by atoms with E-state index in [1.54, 1.807) is 0 Å². The zero-order valence-corrected chi connectivity index (χ0v) is 35.8. The van der Waals surface area contributed by atoms with Crippen molar-refractivity contribution in [2.24, 2.45) is 0 Å². The summed E-state index contributed by atoms with van der Waals surface area (Å²) < 4.78 is 0. The van der Waals surface area contributed by atoms with E-state index in [-0.39, 0.29) is 0 Å². The van der Waals surface area contributed by atoms with Crippen LogP contribution in [0.25, 0.3) is 63.4 Å². The molecule has 6 heterocycles. The van der Waals surface area contributed by atoms with E-state index in [4.69, 9.17) is 19.9 Å². The zero-order valence-electron chi connectivity index (χ0n) is 33.3. The molecule has 0 amide bonds. The number of pyridine rings is 2. The van der Waals surface area contributed by atoms with Crippen molar-refractivity contribution >= 4 is 77.9 Å². The van der Waals surface area contributed by atoms with Crippen LogP contribution in [0.3, 0.4) is 0 Å². The Morgan fingerprint density at radius 2 is 0.982 bits per heavy atom. The maximum absolute atomic E-state index is 5.56. The fourth-order valence-electron chi connectivity index (χ4n) is 8.19. The lowest BCUT2D eigenvalue weighted by Gasteiger charge is -2.08. The first kappa shape index (κ1) is 40.0. The highest BCUT2D eigenvalue weighted by atomic mass is 32.1. The average Bonchev–Trinajstić information content (AvgIpc) is 3.98. The first-order valence-electron chi connectivity index (χ1n) is 21.7. The quantitative estimate of drug-likeness (QED) is 0.0452. The molecule has 0 radical (unpaired) electrons. The lowest BCUT2D eigenvalue weighted by molar-refractivity contribution is 0.556. The van der Waals surface area contributed by atoms with Crippen molar-refractivity contribution in [1.29, 1.82) is 0 Å². The van der Waals surface area contributed by atoms with Gasteiger partial charge >= 0.3 is 0 Å². The number of thiophene rings is 3. The van der Waals surface area contributed by atoms with Gasteiger partial charge in [-0.05, 0) is 84.0 Å². The molecule has 0 saturated heterocycles. The molecule has 7 heteroatoms. The number of nitrogens with zero attached hydrogens (tertiary/aromatic N) is 4. The molecular weight excluding hydrogens is 729 g/mol. The van der Waals surface area contributed by atoms with Crippen LogP contribution in [-0.4, -0.2) is 19.9 Å². The van der Waals surface area contributed by atoms with Gasteiger partial charge in [-0.2, -0.15) is 0 Å². The Morgan fingerprint density at radius 1 is 0.473 bits per heavy atom. The van der Waals surface area contributed by atoms with Gasteiger partial charge in [-0.15, -0.1) is 34.0 Å². The van der Waals surface area contributed by atoms with E-state index in [1.807, 2.05) is 58.5 Å². The van der Waals surface area contributed by atoms with Gasteiger partial charge in [-0.3, -0.25) is 9.97 Å². The minimum atomic E-state index is 0.892. The largest absolute Gasteiger partial charge is 0.254 e. The van der Waals surface area contributed by atoms with Crippen LogP contribution in [0, 0.1) is 0 Å². The summed E-state index contributed by atoms with van der Waals surface area (Å²) in [6.45, 7) is 4.60. The summed E-state index contributed by atoms with van der Waals surface area (Å²) in [7, 11) is 0. The highest BCUT2D eigenvalue weighted by Crippen LogP contribution is 2.48. The van der Waals surface area contributed by atoms with Crippen molar-refractivity contribution in [3.05, 3.63) is 70.7 Å². The average molecular weight is 789 g/mol. The smallest absolute Gasteiger partial charge is 0.110 e. The second-order valence-electron chi connectivity index (χ2n) is 15.6. The summed E-state index contributed by atoms with van der Waals surface area (Å²) in [4.78, 5) is 25.9. The van der Waals surface area contributed by atoms with Gasteiger partial charge in [0.2, 0.25) is 0 Å². The van der Waals surface area contributed by atoms with E-state index in [0.29, 0.717) is 0 Å². The van der Waals surface area contributed by atoms with E-state index in [2.05, 4.69) is 48.9 Å². The maximum atomic E-state index is 5.56. The molecule has 0 bridgehead atoms. The van der Waals surface area contributed by atoms with Crippen LogP contribution in [-0.2, 0) is 12.8 Å². The van der Waals surface area contributed by atoms with Gasteiger partial charge in [0.1, 0.15) is 11.0 Å². The van der Waals surface area contributed by atoms with Gasteiger partial charge in [0.15, 0.2) is 0 Å². The van der Waals surface area contributed by atoms with Crippen LogP contribution in [0.1, 0.15) is 153 Å². The standard InChI is InChI=1S/C48H60N4S3/c1-3-5-7-9-11-13-15-17-19-21-25-35-33-39(54-34-35)47-44-45(52-43-38-28-24-31-50-41(38)40-37(42(43)51-44)27-23-30-49-40)48(55-47)46-36(29-32-53-46)26-22-20-18-16-14-12-10-8-6-4-2/h23-24,27-34H,3-22,25-26H2,1-2H3. The predicted molar refractivity (Wildman–Crippen MR) is 243 cm³/mol. The first-order chi connectivity index (χ1) is 27.3. The summed E-state index contributed by atoms with van der Waals surface area (Å²) >= 11 is 5.65. The number of rotatable bonds is 24. The monoisotopic (exact) mass is 788 g/mol. The number of hydrogen-bond acceptors (Lipinski definition) is 7. The molecule has 290 valence electrons. The number of fused-ring (bicyclic) bond motifs is 7. The third-order valence-corrected chi connectivity index (χ3v) is 14.8. The van der Waals surface area contributed by atoms with Crippen LogP contribution in [0.2, 0.25) is 0 Å². The zero-order chi connectivity index (χ0) is 37.7. The normalized spacial score (nSPS) is 12.0. The number of hydrogen-bond donors (Lipinski definition) is 0. The van der Waals surface area contributed by atoms with Crippen molar-refractivity contribution in [2.75, 3.05) is 0 Å². The third kappa shape index (κ3) is 10.0. The molecule has 0 aliphatic carbocycles. The Labute approximate surface area is 341 Å². The highest BCUT2D eigenvalue weighted by Gasteiger charge is 2.23. The fourth-order valence-corrected chi connectivity index (χ4v) is 11.6. The first-order valence-corrected chi connectivity index (χ1v) is 24.2. The van der Waals surface area contributed by atoms with E-state index in [9.17, 15) is 0 Å². The van der Waals surface area contributed by atoms with E-state index >= 15 is 0 Å². The van der Waals surface area contributed by atoms with Gasteiger partial charge in [0, 0.05) is 32.9 Å². The number of benzene rings is 1. The Bertz CT molecular complexity index is 2240. The van der Waals surface area contributed by atoms with E-state index in [0.717, 1.165) is 56.7 Å². The maximum Gasteiger partial charge on any atom is 0.110 e. The van der Waals surface area contributed by atoms with E-state index in [1.165, 1.54) is 159 Å². The summed E-state index contributed by atoms with van der Waals surface area (Å²) in [5.74, 6) is 0. The van der Waals surface area contributed by atoms with Gasteiger partial charge in [0.25, 0.3) is 0 Å². The molecule has 0 fully saturated rings. The van der Waals surface area contributed by atoms with Gasteiger partial charge in [0.05, 0.1) is 31.8 Å². The number of aryl methyl sites for hydroxylation is 2. The Hall–Kier alpha value is -3.26. The van der Waals surface area contributed by atoms with Crippen LogP contribution in [0.5, 0.6) is 0 Å². The van der Waals surface area contributed by atoms with Crippen LogP contribution in [0.4, 0.5) is 0 Å². The molecule has 0 N–H and O–H groups in total. The molecule has 0 aliphatic rings. The van der Waals surface area contributed by atoms with Crippen molar-refractivity contribution in [1.82, 2.24) is 19.9 Å². The lowest BCUT2D eigenvalue weighted by Crippen LogP contribution is -1.93. The molecule has 55 heavy (non-hydrogen) atoms. The van der Waals surface area contributed by atoms with Crippen molar-refractivity contribution < 1.29 is 0 Å². The second kappa shape index (κ2) is 20.8. The lowest BCUT2D eigenvalue weighted by atomic mass is 10.0. The molecule has 7 aromatic rings. The summed E-state index contributed by atoms with van der Waals surface area (Å²) in [6, 6.07) is 13.1. The molecule has 0 unspecified atom stereocenters. The van der Waals surface area contributed by atoms with Gasteiger partial charge in [-0.25, -0.2) is 9.97 Å². The molecule has 1 aromatic carbocycles. The SMILES string of the molecule is CCCCCCCCCCCCc1csc(-c2sc(-c3sccc3CCCCCCCCCCCC)c3nc4c5cccnc5c5ncccc5c4nc23)c1. The highest BCUT2D eigenvalue weighted by molar-refractivity contribution is 7.27. The Balaban J connectivity index is 1.13. The topological polar surface area (TPSA) is 51.6 Å². The molecule has 0 atom stereocenters. The van der Waals surface area contributed by atoms with E-state index < -0.39 is 0 Å². The molecular formula is C48H60N4S3.